The molecule has 2 heterocycles. The van der Waals surface area contributed by atoms with Crippen LogP contribution < -0.4 is 5.73 Å². The molecule has 1 saturated heterocycles. The van der Waals surface area contributed by atoms with Crippen molar-refractivity contribution >= 4 is 33.2 Å². The lowest BCUT2D eigenvalue weighted by molar-refractivity contribution is 0.0784. The van der Waals surface area contributed by atoms with Crippen LogP contribution in [-0.2, 0) is 0 Å². The lowest BCUT2D eigenvalue weighted by atomic mass is 9.98. The average molecular weight is 315 g/mol. The molecule has 1 aromatic heterocycles. The van der Waals surface area contributed by atoms with Gasteiger partial charge in [-0.2, -0.15) is 0 Å². The number of amides is 1. The van der Waals surface area contributed by atoms with Crippen molar-refractivity contribution in [2.45, 2.75) is 18.9 Å². The first-order chi connectivity index (χ1) is 8.15. The summed E-state index contributed by atoms with van der Waals surface area (Å²) >= 11 is 4.90. The fraction of sp³-hybridized carbons (Fsp3) is 0.583. The summed E-state index contributed by atoms with van der Waals surface area (Å²) in [5.74, 6) is 1.34. The molecule has 0 aromatic carbocycles. The SMILES string of the molecule is NC1CCC2CN(C(=O)c3ccc(Br)s3)CC12. The van der Waals surface area contributed by atoms with Crippen molar-refractivity contribution in [3.8, 4) is 0 Å². The van der Waals surface area contributed by atoms with Gasteiger partial charge in [-0.25, -0.2) is 0 Å². The second-order valence-electron chi connectivity index (χ2n) is 4.98. The highest BCUT2D eigenvalue weighted by molar-refractivity contribution is 9.11. The fourth-order valence-corrected chi connectivity index (χ4v) is 4.41. The molecule has 1 saturated carbocycles. The van der Waals surface area contributed by atoms with Crippen molar-refractivity contribution in [2.24, 2.45) is 17.6 Å². The van der Waals surface area contributed by atoms with E-state index < -0.39 is 0 Å². The van der Waals surface area contributed by atoms with Gasteiger partial charge in [0.1, 0.15) is 0 Å². The topological polar surface area (TPSA) is 46.3 Å². The third-order valence-electron chi connectivity index (χ3n) is 3.98. The van der Waals surface area contributed by atoms with Crippen molar-refractivity contribution in [1.82, 2.24) is 4.90 Å². The molecule has 5 heteroatoms. The minimum atomic E-state index is 0.169. The van der Waals surface area contributed by atoms with Crippen molar-refractivity contribution in [2.75, 3.05) is 13.1 Å². The Balaban J connectivity index is 1.73. The van der Waals surface area contributed by atoms with E-state index in [4.69, 9.17) is 5.73 Å². The van der Waals surface area contributed by atoms with Gasteiger partial charge in [0, 0.05) is 19.1 Å². The zero-order chi connectivity index (χ0) is 12.0. The number of hydrogen-bond acceptors (Lipinski definition) is 3. The summed E-state index contributed by atoms with van der Waals surface area (Å²) in [7, 11) is 0. The molecule has 0 bridgehead atoms. The third kappa shape index (κ3) is 2.04. The largest absolute Gasteiger partial charge is 0.337 e. The van der Waals surface area contributed by atoms with E-state index in [1.165, 1.54) is 17.8 Å². The number of likely N-dealkylation sites (tertiary alicyclic amines) is 1. The predicted molar refractivity (Wildman–Crippen MR) is 72.1 cm³/mol. The van der Waals surface area contributed by atoms with Crippen molar-refractivity contribution in [3.63, 3.8) is 0 Å². The molecule has 1 amide bonds. The van der Waals surface area contributed by atoms with Crippen LogP contribution in [0, 0.1) is 11.8 Å². The van der Waals surface area contributed by atoms with Crippen LogP contribution in [0.3, 0.4) is 0 Å². The number of nitrogens with zero attached hydrogens (tertiary/aromatic N) is 1. The molecule has 3 atom stereocenters. The number of fused-ring (bicyclic) bond motifs is 1. The Morgan fingerprint density at radius 3 is 2.88 bits per heavy atom. The van der Waals surface area contributed by atoms with Gasteiger partial charge >= 0.3 is 0 Å². The van der Waals surface area contributed by atoms with Gasteiger partial charge in [0.25, 0.3) is 5.91 Å². The number of hydrogen-bond donors (Lipinski definition) is 1. The minimum absolute atomic E-state index is 0.169. The van der Waals surface area contributed by atoms with E-state index in [0.717, 1.165) is 28.2 Å². The molecule has 3 rings (SSSR count). The van der Waals surface area contributed by atoms with E-state index in [2.05, 4.69) is 15.9 Å². The minimum Gasteiger partial charge on any atom is -0.337 e. The Kier molecular flexibility index (Phi) is 3.00. The standard InChI is InChI=1S/C12H15BrN2OS/c13-11-4-3-10(17-11)12(16)15-5-7-1-2-9(14)8(7)6-15/h3-4,7-9H,1-2,5-6,14H2. The van der Waals surface area contributed by atoms with E-state index in [0.29, 0.717) is 17.9 Å². The molecule has 2 N–H and O–H groups in total. The number of carbonyl (C=O) groups excluding carboxylic acids is 1. The molecule has 2 fully saturated rings. The molecule has 1 aliphatic heterocycles. The lowest BCUT2D eigenvalue weighted by Gasteiger charge is -2.17. The summed E-state index contributed by atoms with van der Waals surface area (Å²) in [5, 5.41) is 0. The quantitative estimate of drug-likeness (QED) is 0.864. The molecular weight excluding hydrogens is 300 g/mol. The first-order valence-electron chi connectivity index (χ1n) is 5.95. The second-order valence-corrected chi connectivity index (χ2v) is 7.44. The molecule has 92 valence electrons. The van der Waals surface area contributed by atoms with Gasteiger partial charge in [0.15, 0.2) is 0 Å². The molecule has 3 nitrogen and oxygen atoms in total. The molecule has 0 spiro atoms. The molecule has 17 heavy (non-hydrogen) atoms. The van der Waals surface area contributed by atoms with Gasteiger partial charge < -0.3 is 10.6 Å². The second kappa shape index (κ2) is 4.37. The van der Waals surface area contributed by atoms with E-state index in [1.54, 1.807) is 0 Å². The summed E-state index contributed by atoms with van der Waals surface area (Å²) in [4.78, 5) is 15.1. The average Bonchev–Trinajstić information content (AvgIpc) is 2.96. The summed E-state index contributed by atoms with van der Waals surface area (Å²) in [5.41, 5.74) is 6.08. The van der Waals surface area contributed by atoms with Crippen LogP contribution in [0.25, 0.3) is 0 Å². The zero-order valence-electron chi connectivity index (χ0n) is 9.43. The Morgan fingerprint density at radius 2 is 2.24 bits per heavy atom. The number of rotatable bonds is 1. The maximum Gasteiger partial charge on any atom is 0.263 e. The van der Waals surface area contributed by atoms with Crippen molar-refractivity contribution < 1.29 is 4.79 Å². The van der Waals surface area contributed by atoms with Gasteiger partial charge in [-0.15, -0.1) is 11.3 Å². The maximum atomic E-state index is 12.3. The van der Waals surface area contributed by atoms with E-state index in [9.17, 15) is 4.79 Å². The zero-order valence-corrected chi connectivity index (χ0v) is 11.8. The fourth-order valence-electron chi connectivity index (χ4n) is 3.06. The summed E-state index contributed by atoms with van der Waals surface area (Å²) in [6, 6.07) is 4.12. The van der Waals surface area contributed by atoms with Gasteiger partial charge in [0.2, 0.25) is 0 Å². The summed E-state index contributed by atoms with van der Waals surface area (Å²) < 4.78 is 1.01. The molecule has 2 aliphatic rings. The monoisotopic (exact) mass is 314 g/mol. The van der Waals surface area contributed by atoms with E-state index in [-0.39, 0.29) is 5.91 Å². The summed E-state index contributed by atoms with van der Waals surface area (Å²) in [6.45, 7) is 1.74. The van der Waals surface area contributed by atoms with E-state index >= 15 is 0 Å². The van der Waals surface area contributed by atoms with Gasteiger partial charge in [0.05, 0.1) is 8.66 Å². The first-order valence-corrected chi connectivity index (χ1v) is 7.56. The Morgan fingerprint density at radius 1 is 1.41 bits per heavy atom. The van der Waals surface area contributed by atoms with Crippen LogP contribution in [0.15, 0.2) is 15.9 Å². The number of thiophene rings is 1. The number of halogens is 1. The highest BCUT2D eigenvalue weighted by Crippen LogP contribution is 2.38. The van der Waals surface area contributed by atoms with Gasteiger partial charge in [-0.05, 0) is 52.7 Å². The molecule has 1 aliphatic carbocycles. The third-order valence-corrected chi connectivity index (χ3v) is 5.60. The van der Waals surface area contributed by atoms with Crippen LogP contribution in [0.4, 0.5) is 0 Å². The highest BCUT2D eigenvalue weighted by Gasteiger charge is 2.42. The highest BCUT2D eigenvalue weighted by atomic mass is 79.9. The number of nitrogens with two attached hydrogens (primary N) is 1. The number of carbonyl (C=O) groups is 1. The van der Waals surface area contributed by atoms with Gasteiger partial charge in [-0.3, -0.25) is 4.79 Å². The lowest BCUT2D eigenvalue weighted by Crippen LogP contribution is -2.33. The molecule has 3 unspecified atom stereocenters. The van der Waals surface area contributed by atoms with Crippen LogP contribution >= 0.6 is 27.3 Å². The maximum absolute atomic E-state index is 12.3. The smallest absolute Gasteiger partial charge is 0.263 e. The van der Waals surface area contributed by atoms with Crippen LogP contribution in [-0.4, -0.2) is 29.9 Å². The van der Waals surface area contributed by atoms with Crippen LogP contribution in [0.1, 0.15) is 22.5 Å². The van der Waals surface area contributed by atoms with Crippen LogP contribution in [0.2, 0.25) is 0 Å². The predicted octanol–water partition coefficient (Wildman–Crippen LogP) is 2.32. The Bertz CT molecular complexity index is 447. The van der Waals surface area contributed by atoms with Gasteiger partial charge in [-0.1, -0.05) is 0 Å². The summed E-state index contributed by atoms with van der Waals surface area (Å²) in [6.07, 6.45) is 2.31. The first kappa shape index (κ1) is 11.7. The van der Waals surface area contributed by atoms with Crippen molar-refractivity contribution in [1.29, 1.82) is 0 Å². The molecule has 0 radical (unpaired) electrons. The molecular formula is C12H15BrN2OS. The Labute approximate surface area is 113 Å². The Hall–Kier alpha value is -0.390. The normalized spacial score (nSPS) is 31.9. The van der Waals surface area contributed by atoms with Crippen molar-refractivity contribution in [3.05, 3.63) is 20.8 Å². The molecule has 1 aromatic rings. The van der Waals surface area contributed by atoms with E-state index in [1.807, 2.05) is 17.0 Å². The van der Waals surface area contributed by atoms with Crippen LogP contribution in [0.5, 0.6) is 0 Å².